The number of carbonyl (C=O) groups is 2. The third-order valence-corrected chi connectivity index (χ3v) is 2.48. The van der Waals surface area contributed by atoms with Crippen molar-refractivity contribution >= 4 is 17.6 Å². The standard InChI is InChI=1S/C13H7F4N3O3/c14-6-3-7(15)11(17)12(10(6)16)20-9(21)5-23-13(22)8-4-18-1-2-19-8/h1-4H,5H2,(H,20,21). The average molecular weight is 329 g/mol. The van der Waals surface area contributed by atoms with Crippen LogP contribution in [0.25, 0.3) is 0 Å². The highest BCUT2D eigenvalue weighted by Gasteiger charge is 2.21. The number of esters is 1. The van der Waals surface area contributed by atoms with Gasteiger partial charge in [-0.1, -0.05) is 0 Å². The van der Waals surface area contributed by atoms with Gasteiger partial charge in [0.1, 0.15) is 5.69 Å². The number of rotatable bonds is 4. The highest BCUT2D eigenvalue weighted by molar-refractivity contribution is 5.94. The molecule has 0 radical (unpaired) electrons. The number of amides is 1. The van der Waals surface area contributed by atoms with E-state index in [2.05, 4.69) is 14.7 Å². The number of nitrogens with one attached hydrogen (secondary N) is 1. The number of nitrogens with zero attached hydrogens (tertiary/aromatic N) is 2. The average Bonchev–Trinajstić information content (AvgIpc) is 2.55. The summed E-state index contributed by atoms with van der Waals surface area (Å²) in [5.41, 5.74) is -1.52. The molecule has 0 saturated heterocycles. The first-order valence-electron chi connectivity index (χ1n) is 5.96. The Hall–Kier alpha value is -3.04. The summed E-state index contributed by atoms with van der Waals surface area (Å²) in [5, 5.41) is 1.58. The van der Waals surface area contributed by atoms with Crippen molar-refractivity contribution in [3.63, 3.8) is 0 Å². The molecule has 1 aromatic heterocycles. The van der Waals surface area contributed by atoms with Crippen LogP contribution >= 0.6 is 0 Å². The summed E-state index contributed by atoms with van der Waals surface area (Å²) in [6, 6.07) is -0.00553. The lowest BCUT2D eigenvalue weighted by Crippen LogP contribution is -2.23. The third-order valence-electron chi connectivity index (χ3n) is 2.48. The zero-order valence-electron chi connectivity index (χ0n) is 11.1. The van der Waals surface area contributed by atoms with Crippen molar-refractivity contribution in [2.45, 2.75) is 0 Å². The van der Waals surface area contributed by atoms with Crippen LogP contribution in [-0.2, 0) is 9.53 Å². The second-order valence-electron chi connectivity index (χ2n) is 4.06. The van der Waals surface area contributed by atoms with Gasteiger partial charge in [-0.3, -0.25) is 9.78 Å². The van der Waals surface area contributed by atoms with Gasteiger partial charge in [-0.2, -0.15) is 0 Å². The lowest BCUT2D eigenvalue weighted by atomic mass is 10.2. The maximum Gasteiger partial charge on any atom is 0.359 e. The van der Waals surface area contributed by atoms with Crippen LogP contribution in [0.3, 0.4) is 0 Å². The Morgan fingerprint density at radius 1 is 1.09 bits per heavy atom. The summed E-state index contributed by atoms with van der Waals surface area (Å²) in [6.45, 7) is -0.952. The molecular weight excluding hydrogens is 322 g/mol. The smallest absolute Gasteiger partial charge is 0.359 e. The van der Waals surface area contributed by atoms with Gasteiger partial charge in [-0.05, 0) is 0 Å². The van der Waals surface area contributed by atoms with Crippen LogP contribution in [0.5, 0.6) is 0 Å². The number of anilines is 1. The quantitative estimate of drug-likeness (QED) is 0.526. The van der Waals surface area contributed by atoms with E-state index in [1.807, 2.05) is 0 Å². The van der Waals surface area contributed by atoms with E-state index < -0.39 is 47.4 Å². The van der Waals surface area contributed by atoms with Crippen molar-refractivity contribution in [2.24, 2.45) is 0 Å². The molecule has 0 aliphatic heterocycles. The molecule has 0 bridgehead atoms. The van der Waals surface area contributed by atoms with Gasteiger partial charge in [0.2, 0.25) is 0 Å². The number of halogens is 4. The largest absolute Gasteiger partial charge is 0.451 e. The monoisotopic (exact) mass is 329 g/mol. The molecular formula is C13H7F4N3O3. The minimum absolute atomic E-state index is 0.00553. The number of hydrogen-bond acceptors (Lipinski definition) is 5. The summed E-state index contributed by atoms with van der Waals surface area (Å²) < 4.78 is 57.1. The van der Waals surface area contributed by atoms with E-state index in [9.17, 15) is 27.2 Å². The molecule has 1 amide bonds. The van der Waals surface area contributed by atoms with Gasteiger partial charge in [0.25, 0.3) is 5.91 Å². The number of benzene rings is 1. The fourth-order valence-electron chi connectivity index (χ4n) is 1.47. The van der Waals surface area contributed by atoms with Crippen molar-refractivity contribution in [3.05, 3.63) is 53.6 Å². The molecule has 1 N–H and O–H groups in total. The molecule has 23 heavy (non-hydrogen) atoms. The van der Waals surface area contributed by atoms with Gasteiger partial charge in [-0.15, -0.1) is 0 Å². The molecule has 0 aliphatic carbocycles. The Morgan fingerprint density at radius 3 is 2.30 bits per heavy atom. The van der Waals surface area contributed by atoms with Gasteiger partial charge in [-0.25, -0.2) is 27.3 Å². The summed E-state index contributed by atoms with van der Waals surface area (Å²) in [6.07, 6.45) is 3.58. The second-order valence-corrected chi connectivity index (χ2v) is 4.06. The van der Waals surface area contributed by atoms with Crippen molar-refractivity contribution in [1.82, 2.24) is 9.97 Å². The van der Waals surface area contributed by atoms with Gasteiger partial charge >= 0.3 is 5.97 Å². The fraction of sp³-hybridized carbons (Fsp3) is 0.0769. The second kappa shape index (κ2) is 6.81. The lowest BCUT2D eigenvalue weighted by molar-refractivity contribution is -0.119. The van der Waals surface area contributed by atoms with E-state index in [-0.39, 0.29) is 11.8 Å². The van der Waals surface area contributed by atoms with Crippen LogP contribution in [0.1, 0.15) is 10.5 Å². The molecule has 10 heteroatoms. The highest BCUT2D eigenvalue weighted by Crippen LogP contribution is 2.23. The molecule has 2 aromatic rings. The molecule has 1 heterocycles. The van der Waals surface area contributed by atoms with E-state index in [0.29, 0.717) is 0 Å². The van der Waals surface area contributed by atoms with Crippen LogP contribution in [0, 0.1) is 23.3 Å². The van der Waals surface area contributed by atoms with Crippen LogP contribution in [-0.4, -0.2) is 28.5 Å². The number of ether oxygens (including phenoxy) is 1. The van der Waals surface area contributed by atoms with Crippen molar-refractivity contribution in [1.29, 1.82) is 0 Å². The molecule has 0 atom stereocenters. The Kier molecular flexibility index (Phi) is 4.84. The SMILES string of the molecule is O=C(COC(=O)c1cnccn1)Nc1c(F)c(F)cc(F)c1F. The Labute approximate surface area is 126 Å². The predicted octanol–water partition coefficient (Wildman–Crippen LogP) is 1.83. The molecule has 0 fully saturated rings. The number of carbonyl (C=O) groups excluding carboxylic acids is 2. The fourth-order valence-corrected chi connectivity index (χ4v) is 1.47. The molecule has 0 unspecified atom stereocenters. The van der Waals surface area contributed by atoms with Gasteiger partial charge in [0.15, 0.2) is 35.6 Å². The van der Waals surface area contributed by atoms with Gasteiger partial charge in [0.05, 0.1) is 6.20 Å². The predicted molar refractivity (Wildman–Crippen MR) is 67.2 cm³/mol. The van der Waals surface area contributed by atoms with Crippen LogP contribution in [0.15, 0.2) is 24.7 Å². The molecule has 0 spiro atoms. The van der Waals surface area contributed by atoms with E-state index in [4.69, 9.17) is 0 Å². The zero-order chi connectivity index (χ0) is 17.0. The minimum Gasteiger partial charge on any atom is -0.451 e. The summed E-state index contributed by atoms with van der Waals surface area (Å²) >= 11 is 0. The van der Waals surface area contributed by atoms with Crippen LogP contribution in [0.2, 0.25) is 0 Å². The summed E-state index contributed by atoms with van der Waals surface area (Å²) in [5.74, 6) is -9.15. The van der Waals surface area contributed by atoms with Crippen molar-refractivity contribution < 1.29 is 31.9 Å². The van der Waals surface area contributed by atoms with E-state index in [1.165, 1.54) is 12.4 Å². The molecule has 120 valence electrons. The third kappa shape index (κ3) is 3.78. The number of hydrogen-bond donors (Lipinski definition) is 1. The van der Waals surface area contributed by atoms with E-state index in [0.717, 1.165) is 6.20 Å². The molecule has 0 aliphatic rings. The lowest BCUT2D eigenvalue weighted by Gasteiger charge is -2.09. The van der Waals surface area contributed by atoms with Crippen LogP contribution < -0.4 is 5.32 Å². The molecule has 2 rings (SSSR count). The topological polar surface area (TPSA) is 81.2 Å². The first-order chi connectivity index (χ1) is 10.9. The number of aromatic nitrogens is 2. The summed E-state index contributed by atoms with van der Waals surface area (Å²) in [4.78, 5) is 30.1. The molecule has 6 nitrogen and oxygen atoms in total. The van der Waals surface area contributed by atoms with E-state index >= 15 is 0 Å². The van der Waals surface area contributed by atoms with Gasteiger partial charge < -0.3 is 10.1 Å². The van der Waals surface area contributed by atoms with Crippen molar-refractivity contribution in [2.75, 3.05) is 11.9 Å². The normalized spacial score (nSPS) is 10.3. The Morgan fingerprint density at radius 2 is 1.74 bits per heavy atom. The molecule has 1 aromatic carbocycles. The minimum atomic E-state index is -1.78. The Bertz CT molecular complexity index is 730. The van der Waals surface area contributed by atoms with Crippen molar-refractivity contribution in [3.8, 4) is 0 Å². The first kappa shape index (κ1) is 16.3. The maximum atomic E-state index is 13.3. The van der Waals surface area contributed by atoms with E-state index in [1.54, 1.807) is 5.32 Å². The Balaban J connectivity index is 2.02. The first-order valence-corrected chi connectivity index (χ1v) is 5.96. The maximum absolute atomic E-state index is 13.3. The summed E-state index contributed by atoms with van der Waals surface area (Å²) in [7, 11) is 0. The highest BCUT2D eigenvalue weighted by atomic mass is 19.2. The van der Waals surface area contributed by atoms with Crippen LogP contribution in [0.4, 0.5) is 23.2 Å². The molecule has 0 saturated carbocycles. The zero-order valence-corrected chi connectivity index (χ0v) is 11.1. The van der Waals surface area contributed by atoms with Gasteiger partial charge in [0, 0.05) is 18.5 Å².